The SMILES string of the molecule is O=C(C[C@@H](c1cccc(Cl)c1)[C@@]1(c2ccccc2)C(=O)Oc2ccccc21)c1ccccc1. The minimum absolute atomic E-state index is 0.0481. The maximum absolute atomic E-state index is 13.8. The number of rotatable bonds is 6. The summed E-state index contributed by atoms with van der Waals surface area (Å²) in [5.41, 5.74) is 1.77. The first kappa shape index (κ1) is 21.2. The lowest BCUT2D eigenvalue weighted by Gasteiger charge is -2.35. The number of esters is 1. The van der Waals surface area contributed by atoms with Gasteiger partial charge in [-0.2, -0.15) is 0 Å². The number of benzene rings is 4. The Morgan fingerprint density at radius 2 is 1.48 bits per heavy atom. The van der Waals surface area contributed by atoms with E-state index in [1.54, 1.807) is 24.3 Å². The minimum atomic E-state index is -1.19. The Kier molecular flexibility index (Phi) is 5.57. The molecule has 1 aliphatic heterocycles. The van der Waals surface area contributed by atoms with Gasteiger partial charge in [0.25, 0.3) is 0 Å². The second kappa shape index (κ2) is 8.68. The fourth-order valence-electron chi connectivity index (χ4n) is 4.85. The number of ether oxygens (including phenoxy) is 1. The van der Waals surface area contributed by atoms with Gasteiger partial charge in [0.05, 0.1) is 0 Å². The highest BCUT2D eigenvalue weighted by molar-refractivity contribution is 6.30. The molecule has 1 aliphatic rings. The fraction of sp³-hybridized carbons (Fsp3) is 0.103. The van der Waals surface area contributed by atoms with Crippen LogP contribution >= 0.6 is 11.6 Å². The molecule has 4 aromatic carbocycles. The van der Waals surface area contributed by atoms with Gasteiger partial charge in [0.2, 0.25) is 0 Å². The zero-order valence-electron chi connectivity index (χ0n) is 17.8. The number of carbonyl (C=O) groups excluding carboxylic acids is 2. The van der Waals surface area contributed by atoms with E-state index in [1.165, 1.54) is 0 Å². The Balaban J connectivity index is 1.76. The van der Waals surface area contributed by atoms with Crippen molar-refractivity contribution in [3.8, 4) is 5.75 Å². The number of halogens is 1. The van der Waals surface area contributed by atoms with Crippen LogP contribution in [0.2, 0.25) is 5.02 Å². The van der Waals surface area contributed by atoms with Crippen molar-refractivity contribution in [2.24, 2.45) is 0 Å². The second-order valence-corrected chi connectivity index (χ2v) is 8.60. The number of Topliss-reactive ketones (excluding diaryl/α,β-unsaturated/α-hetero) is 1. The number of carbonyl (C=O) groups is 2. The molecule has 0 bridgehead atoms. The van der Waals surface area contributed by atoms with E-state index in [0.29, 0.717) is 16.3 Å². The number of fused-ring (bicyclic) bond motifs is 1. The summed E-state index contributed by atoms with van der Waals surface area (Å²) in [6.45, 7) is 0. The maximum Gasteiger partial charge on any atom is 0.327 e. The van der Waals surface area contributed by atoms with Gasteiger partial charge in [-0.3, -0.25) is 9.59 Å². The second-order valence-electron chi connectivity index (χ2n) is 8.16. The molecule has 0 radical (unpaired) electrons. The first-order chi connectivity index (χ1) is 16.1. The molecule has 0 unspecified atom stereocenters. The van der Waals surface area contributed by atoms with Crippen LogP contribution in [0.4, 0.5) is 0 Å². The molecule has 0 aromatic heterocycles. The zero-order chi connectivity index (χ0) is 22.8. The summed E-state index contributed by atoms with van der Waals surface area (Å²) in [5.74, 6) is -0.443. The lowest BCUT2D eigenvalue weighted by Crippen LogP contribution is -2.42. The van der Waals surface area contributed by atoms with E-state index in [0.717, 1.165) is 16.7 Å². The highest BCUT2D eigenvalue weighted by Crippen LogP contribution is 2.54. The van der Waals surface area contributed by atoms with Crippen LogP contribution in [0.5, 0.6) is 5.75 Å². The molecule has 2 atom stereocenters. The molecular weight excluding hydrogens is 432 g/mol. The molecule has 0 fully saturated rings. The predicted molar refractivity (Wildman–Crippen MR) is 129 cm³/mol. The number of hydrogen-bond acceptors (Lipinski definition) is 3. The van der Waals surface area contributed by atoms with E-state index < -0.39 is 11.3 Å². The molecule has 0 spiro atoms. The summed E-state index contributed by atoms with van der Waals surface area (Å²) >= 11 is 6.38. The number of para-hydroxylation sites is 1. The molecule has 0 N–H and O–H groups in total. The van der Waals surface area contributed by atoms with Gasteiger partial charge in [-0.25, -0.2) is 0 Å². The molecule has 0 amide bonds. The topological polar surface area (TPSA) is 43.4 Å². The van der Waals surface area contributed by atoms with Crippen molar-refractivity contribution >= 4 is 23.4 Å². The summed E-state index contributed by atoms with van der Waals surface area (Å²) in [7, 11) is 0. The predicted octanol–water partition coefficient (Wildman–Crippen LogP) is 6.60. The van der Waals surface area contributed by atoms with Gasteiger partial charge in [-0.05, 0) is 29.3 Å². The Hall–Kier alpha value is -3.69. The normalized spacial score (nSPS) is 17.8. The highest BCUT2D eigenvalue weighted by Gasteiger charge is 2.56. The van der Waals surface area contributed by atoms with Crippen LogP contribution in [0.3, 0.4) is 0 Å². The van der Waals surface area contributed by atoms with Gasteiger partial charge in [-0.15, -0.1) is 0 Å². The average molecular weight is 453 g/mol. The van der Waals surface area contributed by atoms with Crippen LogP contribution in [0.15, 0.2) is 109 Å². The molecule has 4 heteroatoms. The third kappa shape index (κ3) is 3.65. The molecule has 5 rings (SSSR count). The zero-order valence-corrected chi connectivity index (χ0v) is 18.5. The molecule has 0 aliphatic carbocycles. The summed E-state index contributed by atoms with van der Waals surface area (Å²) in [4.78, 5) is 27.3. The molecule has 0 saturated heterocycles. The molecule has 0 saturated carbocycles. The average Bonchev–Trinajstić information content (AvgIpc) is 3.15. The van der Waals surface area contributed by atoms with Crippen LogP contribution in [-0.4, -0.2) is 11.8 Å². The standard InChI is InChI=1S/C29H21ClO3/c30-23-15-9-12-21(18-23)25(19-26(31)20-10-3-1-4-11-20)29(22-13-5-2-6-14-22)24-16-7-8-17-27(24)33-28(29)32/h1-18,25H,19H2/t25-,29-/m0/s1. The van der Waals surface area contributed by atoms with E-state index in [2.05, 4.69) is 0 Å². The van der Waals surface area contributed by atoms with Crippen LogP contribution in [0.1, 0.15) is 39.4 Å². The molecule has 1 heterocycles. The van der Waals surface area contributed by atoms with E-state index in [-0.39, 0.29) is 18.2 Å². The van der Waals surface area contributed by atoms with Crippen LogP contribution in [0.25, 0.3) is 0 Å². The largest absolute Gasteiger partial charge is 0.425 e. The fourth-order valence-corrected chi connectivity index (χ4v) is 5.05. The van der Waals surface area contributed by atoms with Crippen molar-refractivity contribution in [1.29, 1.82) is 0 Å². The maximum atomic E-state index is 13.8. The van der Waals surface area contributed by atoms with Crippen molar-refractivity contribution in [3.63, 3.8) is 0 Å². The van der Waals surface area contributed by atoms with Crippen molar-refractivity contribution < 1.29 is 14.3 Å². The van der Waals surface area contributed by atoms with Crippen LogP contribution in [0, 0.1) is 0 Å². The minimum Gasteiger partial charge on any atom is -0.425 e. The van der Waals surface area contributed by atoms with Crippen molar-refractivity contribution in [3.05, 3.63) is 136 Å². The molecule has 162 valence electrons. The van der Waals surface area contributed by atoms with Gasteiger partial charge in [0.1, 0.15) is 11.2 Å². The number of hydrogen-bond donors (Lipinski definition) is 0. The Morgan fingerprint density at radius 3 is 2.21 bits per heavy atom. The van der Waals surface area contributed by atoms with Crippen LogP contribution < -0.4 is 4.74 Å². The van der Waals surface area contributed by atoms with Gasteiger partial charge in [0.15, 0.2) is 5.78 Å². The summed E-state index contributed by atoms with van der Waals surface area (Å²) in [6.07, 6.45) is 0.114. The Morgan fingerprint density at radius 1 is 0.818 bits per heavy atom. The highest BCUT2D eigenvalue weighted by atomic mass is 35.5. The van der Waals surface area contributed by atoms with E-state index in [9.17, 15) is 9.59 Å². The molecular formula is C29H21ClO3. The first-order valence-corrected chi connectivity index (χ1v) is 11.2. The summed E-state index contributed by atoms with van der Waals surface area (Å²) in [6, 6.07) is 33.6. The van der Waals surface area contributed by atoms with Crippen molar-refractivity contribution in [2.75, 3.05) is 0 Å². The van der Waals surface area contributed by atoms with Crippen molar-refractivity contribution in [1.82, 2.24) is 0 Å². The lowest BCUT2D eigenvalue weighted by molar-refractivity contribution is -0.137. The van der Waals surface area contributed by atoms with E-state index in [4.69, 9.17) is 16.3 Å². The third-order valence-corrected chi connectivity index (χ3v) is 6.56. The van der Waals surface area contributed by atoms with Crippen LogP contribution in [-0.2, 0) is 10.2 Å². The quantitative estimate of drug-likeness (QED) is 0.188. The van der Waals surface area contributed by atoms with E-state index in [1.807, 2.05) is 84.9 Å². The third-order valence-electron chi connectivity index (χ3n) is 6.32. The number of ketones is 1. The van der Waals surface area contributed by atoms with Gasteiger partial charge in [0, 0.05) is 28.5 Å². The van der Waals surface area contributed by atoms with Gasteiger partial charge >= 0.3 is 5.97 Å². The molecule has 3 nitrogen and oxygen atoms in total. The van der Waals surface area contributed by atoms with Gasteiger partial charge in [-0.1, -0.05) is 103 Å². The lowest BCUT2D eigenvalue weighted by atomic mass is 9.62. The summed E-state index contributed by atoms with van der Waals surface area (Å²) in [5, 5.41) is 0.549. The summed E-state index contributed by atoms with van der Waals surface area (Å²) < 4.78 is 5.81. The van der Waals surface area contributed by atoms with Crippen molar-refractivity contribution in [2.45, 2.75) is 17.8 Å². The Labute approximate surface area is 197 Å². The monoisotopic (exact) mass is 452 g/mol. The Bertz CT molecular complexity index is 1320. The van der Waals surface area contributed by atoms with E-state index >= 15 is 0 Å². The molecule has 33 heavy (non-hydrogen) atoms. The van der Waals surface area contributed by atoms with Gasteiger partial charge < -0.3 is 4.74 Å². The first-order valence-electron chi connectivity index (χ1n) is 10.8. The molecule has 4 aromatic rings. The smallest absolute Gasteiger partial charge is 0.327 e.